The van der Waals surface area contributed by atoms with Crippen LogP contribution in [0.1, 0.15) is 26.7 Å². The molecule has 0 bridgehead atoms. The lowest BCUT2D eigenvalue weighted by atomic mass is 10.1. The fraction of sp³-hybridized carbons (Fsp3) is 0.385. The Morgan fingerprint density at radius 3 is 2.44 bits per heavy atom. The zero-order valence-electron chi connectivity index (χ0n) is 10.8. The Labute approximate surface area is 109 Å². The van der Waals surface area contributed by atoms with E-state index in [1.807, 2.05) is 0 Å². The molecule has 0 spiro atoms. The highest BCUT2D eigenvalue weighted by atomic mass is 32.2. The van der Waals surface area contributed by atoms with Crippen molar-refractivity contribution in [2.45, 2.75) is 31.6 Å². The van der Waals surface area contributed by atoms with Crippen LogP contribution in [0.5, 0.6) is 0 Å². The molecule has 0 aliphatic heterocycles. The number of rotatable bonds is 7. The molecule has 0 aliphatic rings. The van der Waals surface area contributed by atoms with Gasteiger partial charge >= 0.3 is 0 Å². The molecule has 0 aromatic heterocycles. The van der Waals surface area contributed by atoms with E-state index in [9.17, 15) is 8.42 Å². The molecule has 0 saturated carbocycles. The standard InChI is InChI=1S/C13H20N2O2S/c1-11(2)9-10-12(3)14-15-18(16,17)13-7-5-4-6-8-13/h4-8,11,14-15H,3,9-10H2,1-2H3. The van der Waals surface area contributed by atoms with Crippen molar-refractivity contribution in [2.24, 2.45) is 5.92 Å². The summed E-state index contributed by atoms with van der Waals surface area (Å²) in [5.74, 6) is 0.564. The van der Waals surface area contributed by atoms with Crippen molar-refractivity contribution in [1.82, 2.24) is 10.3 Å². The molecule has 0 atom stereocenters. The number of hydrazine groups is 1. The second-order valence-corrected chi connectivity index (χ2v) is 6.26. The first-order chi connectivity index (χ1) is 8.42. The molecule has 0 fully saturated rings. The van der Waals surface area contributed by atoms with Gasteiger partial charge in [-0.25, -0.2) is 8.42 Å². The van der Waals surface area contributed by atoms with Crippen LogP contribution in [0.4, 0.5) is 0 Å². The highest BCUT2D eigenvalue weighted by Crippen LogP contribution is 2.09. The summed E-state index contributed by atoms with van der Waals surface area (Å²) in [7, 11) is -3.52. The largest absolute Gasteiger partial charge is 0.313 e. The number of allylic oxidation sites excluding steroid dienone is 1. The third-order valence-electron chi connectivity index (χ3n) is 2.44. The lowest BCUT2D eigenvalue weighted by molar-refractivity contribution is 0.547. The van der Waals surface area contributed by atoms with Crippen LogP contribution >= 0.6 is 0 Å². The number of hydrogen-bond acceptors (Lipinski definition) is 3. The first-order valence-corrected chi connectivity index (χ1v) is 7.41. The maximum Gasteiger partial charge on any atom is 0.257 e. The summed E-state index contributed by atoms with van der Waals surface area (Å²) in [6, 6.07) is 8.22. The minimum Gasteiger partial charge on any atom is -0.313 e. The fourth-order valence-corrected chi connectivity index (χ4v) is 2.24. The number of sulfonamides is 1. The molecule has 0 amide bonds. The molecule has 1 aromatic rings. The van der Waals surface area contributed by atoms with Gasteiger partial charge in [-0.05, 0) is 30.9 Å². The molecule has 5 heteroatoms. The van der Waals surface area contributed by atoms with E-state index in [1.54, 1.807) is 30.3 Å². The maximum absolute atomic E-state index is 11.9. The molecule has 0 saturated heterocycles. The first kappa shape index (κ1) is 14.7. The van der Waals surface area contributed by atoms with Gasteiger partial charge in [-0.2, -0.15) is 0 Å². The van der Waals surface area contributed by atoms with Crippen LogP contribution < -0.4 is 10.3 Å². The van der Waals surface area contributed by atoms with E-state index >= 15 is 0 Å². The van der Waals surface area contributed by atoms with E-state index in [0.717, 1.165) is 12.8 Å². The third-order valence-corrected chi connectivity index (χ3v) is 3.70. The number of benzene rings is 1. The summed E-state index contributed by atoms with van der Waals surface area (Å²) >= 11 is 0. The molecule has 4 nitrogen and oxygen atoms in total. The van der Waals surface area contributed by atoms with Crippen LogP contribution in [0, 0.1) is 5.92 Å². The van der Waals surface area contributed by atoms with Gasteiger partial charge in [0.1, 0.15) is 0 Å². The molecular formula is C13H20N2O2S. The Morgan fingerprint density at radius 2 is 1.89 bits per heavy atom. The Hall–Kier alpha value is -1.33. The van der Waals surface area contributed by atoms with Gasteiger partial charge in [-0.15, -0.1) is 4.83 Å². The van der Waals surface area contributed by atoms with Crippen molar-refractivity contribution in [3.8, 4) is 0 Å². The normalized spacial score (nSPS) is 11.5. The van der Waals surface area contributed by atoms with Gasteiger partial charge in [-0.1, -0.05) is 38.6 Å². The molecular weight excluding hydrogens is 248 g/mol. The van der Waals surface area contributed by atoms with Gasteiger partial charge in [0.2, 0.25) is 0 Å². The van der Waals surface area contributed by atoms with E-state index in [1.165, 1.54) is 0 Å². The zero-order chi connectivity index (χ0) is 13.6. The van der Waals surface area contributed by atoms with E-state index in [0.29, 0.717) is 11.6 Å². The summed E-state index contributed by atoms with van der Waals surface area (Å²) in [4.78, 5) is 2.55. The lowest BCUT2D eigenvalue weighted by Crippen LogP contribution is -2.36. The van der Waals surface area contributed by atoms with Crippen LogP contribution in [0.3, 0.4) is 0 Å². The highest BCUT2D eigenvalue weighted by Gasteiger charge is 2.12. The van der Waals surface area contributed by atoms with Crippen molar-refractivity contribution >= 4 is 10.0 Å². The summed E-state index contributed by atoms with van der Waals surface area (Å²) in [5.41, 5.74) is 3.31. The summed E-state index contributed by atoms with van der Waals surface area (Å²) in [6.07, 6.45) is 1.72. The second kappa shape index (κ2) is 6.56. The molecule has 2 N–H and O–H groups in total. The number of hydrogen-bond donors (Lipinski definition) is 2. The predicted molar refractivity (Wildman–Crippen MR) is 73.1 cm³/mol. The maximum atomic E-state index is 11.9. The number of nitrogens with one attached hydrogen (secondary N) is 2. The van der Waals surface area contributed by atoms with Gasteiger partial charge in [-0.3, -0.25) is 0 Å². The molecule has 1 aromatic carbocycles. The quantitative estimate of drug-likeness (QED) is 0.747. The minimum absolute atomic E-state index is 0.231. The van der Waals surface area contributed by atoms with Crippen molar-refractivity contribution in [1.29, 1.82) is 0 Å². The summed E-state index contributed by atoms with van der Waals surface area (Å²) < 4.78 is 23.7. The molecule has 1 rings (SSSR count). The molecule has 100 valence electrons. The van der Waals surface area contributed by atoms with Gasteiger partial charge in [0.05, 0.1) is 4.90 Å². The Morgan fingerprint density at radius 1 is 1.28 bits per heavy atom. The summed E-state index contributed by atoms with van der Waals surface area (Å²) in [6.45, 7) is 8.01. The van der Waals surface area contributed by atoms with Crippen molar-refractivity contribution in [3.05, 3.63) is 42.6 Å². The Balaban J connectivity index is 2.51. The van der Waals surface area contributed by atoms with Gasteiger partial charge in [0.25, 0.3) is 10.0 Å². The average molecular weight is 268 g/mol. The van der Waals surface area contributed by atoms with Gasteiger partial charge in [0, 0.05) is 5.70 Å². The molecule has 18 heavy (non-hydrogen) atoms. The van der Waals surface area contributed by atoms with E-state index in [2.05, 4.69) is 30.7 Å². The third kappa shape index (κ3) is 4.89. The second-order valence-electron chi connectivity index (χ2n) is 4.58. The van der Waals surface area contributed by atoms with Crippen LogP contribution in [0.15, 0.2) is 47.5 Å². The van der Waals surface area contributed by atoms with Crippen molar-refractivity contribution < 1.29 is 8.42 Å². The van der Waals surface area contributed by atoms with Gasteiger partial charge < -0.3 is 5.43 Å². The highest BCUT2D eigenvalue weighted by molar-refractivity contribution is 7.89. The first-order valence-electron chi connectivity index (χ1n) is 5.92. The Bertz CT molecular complexity index is 481. The molecule has 0 radical (unpaired) electrons. The van der Waals surface area contributed by atoms with Crippen LogP contribution in [0.2, 0.25) is 0 Å². The van der Waals surface area contributed by atoms with Crippen molar-refractivity contribution in [3.63, 3.8) is 0 Å². The molecule has 0 heterocycles. The zero-order valence-corrected chi connectivity index (χ0v) is 11.6. The van der Waals surface area contributed by atoms with E-state index < -0.39 is 10.0 Å². The smallest absolute Gasteiger partial charge is 0.257 e. The fourth-order valence-electron chi connectivity index (χ4n) is 1.32. The van der Waals surface area contributed by atoms with E-state index in [-0.39, 0.29) is 4.90 Å². The monoisotopic (exact) mass is 268 g/mol. The molecule has 0 aliphatic carbocycles. The topological polar surface area (TPSA) is 58.2 Å². The SMILES string of the molecule is C=C(CCC(C)C)NNS(=O)(=O)c1ccccc1. The van der Waals surface area contributed by atoms with Crippen LogP contribution in [-0.2, 0) is 10.0 Å². The van der Waals surface area contributed by atoms with E-state index in [4.69, 9.17) is 0 Å². The minimum atomic E-state index is -3.52. The van der Waals surface area contributed by atoms with Gasteiger partial charge in [0.15, 0.2) is 0 Å². The van der Waals surface area contributed by atoms with Crippen molar-refractivity contribution in [2.75, 3.05) is 0 Å². The predicted octanol–water partition coefficient (Wildman–Crippen LogP) is 2.42. The summed E-state index contributed by atoms with van der Waals surface area (Å²) in [5, 5.41) is 0. The lowest BCUT2D eigenvalue weighted by Gasteiger charge is -2.12. The Kier molecular flexibility index (Phi) is 5.37. The average Bonchev–Trinajstić information content (AvgIpc) is 2.35. The van der Waals surface area contributed by atoms with Crippen LogP contribution in [-0.4, -0.2) is 8.42 Å². The van der Waals surface area contributed by atoms with Crippen LogP contribution in [0.25, 0.3) is 0 Å². The molecule has 0 unspecified atom stereocenters.